The zero-order valence-corrected chi connectivity index (χ0v) is 13.2. The molecule has 1 rings (SSSR count). The molecule has 1 unspecified atom stereocenters. The first-order valence-corrected chi connectivity index (χ1v) is 8.17. The van der Waals surface area contributed by atoms with Crippen LogP contribution in [0.2, 0.25) is 0 Å². The molecule has 21 heavy (non-hydrogen) atoms. The van der Waals surface area contributed by atoms with E-state index in [1.807, 2.05) is 6.92 Å². The monoisotopic (exact) mass is 312 g/mol. The molecule has 0 radical (unpaired) electrons. The molecule has 0 saturated heterocycles. The summed E-state index contributed by atoms with van der Waals surface area (Å²) < 4.78 is 26.7. The normalized spacial score (nSPS) is 12.7. The third-order valence-corrected chi connectivity index (χ3v) is 4.36. The van der Waals surface area contributed by atoms with Gasteiger partial charge in [0, 0.05) is 12.1 Å². The third-order valence-electron chi connectivity index (χ3n) is 2.83. The van der Waals surface area contributed by atoms with Crippen LogP contribution in [0.15, 0.2) is 29.2 Å². The van der Waals surface area contributed by atoms with Gasteiger partial charge in [0.1, 0.15) is 0 Å². The van der Waals surface area contributed by atoms with Crippen molar-refractivity contribution in [3.05, 3.63) is 29.8 Å². The van der Waals surface area contributed by atoms with Gasteiger partial charge < -0.3 is 5.32 Å². The highest BCUT2D eigenvalue weighted by Gasteiger charge is 2.22. The maximum absolute atomic E-state index is 12.2. The van der Waals surface area contributed by atoms with Crippen LogP contribution < -0.4 is 10.0 Å². The fraction of sp³-hybridized carbons (Fsp3) is 0.429. The second kappa shape index (κ2) is 7.33. The van der Waals surface area contributed by atoms with E-state index in [9.17, 15) is 18.0 Å². The molecular formula is C14H20N2O4S. The Morgan fingerprint density at radius 2 is 1.95 bits per heavy atom. The lowest BCUT2D eigenvalue weighted by atomic mass is 10.2. The smallest absolute Gasteiger partial charge is 0.241 e. The number of carbonyl (C=O) groups is 2. The van der Waals surface area contributed by atoms with Crippen LogP contribution in [0.4, 0.5) is 0 Å². The highest BCUT2D eigenvalue weighted by molar-refractivity contribution is 7.89. The molecule has 0 heterocycles. The van der Waals surface area contributed by atoms with Gasteiger partial charge in [-0.25, -0.2) is 8.42 Å². The number of hydrogen-bond donors (Lipinski definition) is 2. The van der Waals surface area contributed by atoms with Gasteiger partial charge in [0.25, 0.3) is 0 Å². The summed E-state index contributed by atoms with van der Waals surface area (Å²) in [6.45, 7) is 5.23. The molecule has 1 amide bonds. The van der Waals surface area contributed by atoms with Crippen molar-refractivity contribution in [2.45, 2.75) is 38.1 Å². The number of rotatable bonds is 7. The molecule has 0 saturated carbocycles. The highest BCUT2D eigenvalue weighted by Crippen LogP contribution is 2.12. The standard InChI is InChI=1S/C14H20N2O4S/c1-4-8-15-14(18)10(2)16-21(19,20)13-7-5-6-12(9-13)11(3)17/h5-7,9-10,16H,4,8H2,1-3H3,(H,15,18). The molecule has 7 heteroatoms. The van der Waals surface area contributed by atoms with Crippen molar-refractivity contribution in [1.29, 1.82) is 0 Å². The summed E-state index contributed by atoms with van der Waals surface area (Å²) in [5.74, 6) is -0.607. The Balaban J connectivity index is 2.89. The molecule has 1 atom stereocenters. The van der Waals surface area contributed by atoms with Crippen LogP contribution >= 0.6 is 0 Å². The maximum atomic E-state index is 12.2. The number of Topliss-reactive ketones (excluding diaryl/α,β-unsaturated/α-hetero) is 1. The maximum Gasteiger partial charge on any atom is 0.241 e. The number of carbonyl (C=O) groups excluding carboxylic acids is 2. The van der Waals surface area contributed by atoms with E-state index >= 15 is 0 Å². The average molecular weight is 312 g/mol. The van der Waals surface area contributed by atoms with E-state index in [0.717, 1.165) is 6.42 Å². The quantitative estimate of drug-likeness (QED) is 0.737. The fourth-order valence-electron chi connectivity index (χ4n) is 1.64. The molecule has 1 aromatic carbocycles. The predicted molar refractivity (Wildman–Crippen MR) is 79.5 cm³/mol. The van der Waals surface area contributed by atoms with Crippen LogP contribution in [0.5, 0.6) is 0 Å². The molecule has 6 nitrogen and oxygen atoms in total. The lowest BCUT2D eigenvalue weighted by Crippen LogP contribution is -2.44. The number of hydrogen-bond acceptors (Lipinski definition) is 4. The van der Waals surface area contributed by atoms with Crippen molar-refractivity contribution < 1.29 is 18.0 Å². The second-order valence-electron chi connectivity index (χ2n) is 4.72. The molecular weight excluding hydrogens is 292 g/mol. The zero-order chi connectivity index (χ0) is 16.0. The van der Waals surface area contributed by atoms with E-state index in [1.165, 1.54) is 32.0 Å². The van der Waals surface area contributed by atoms with Crippen LogP contribution in [0.1, 0.15) is 37.6 Å². The molecule has 0 aliphatic heterocycles. The van der Waals surface area contributed by atoms with Crippen molar-refractivity contribution in [3.63, 3.8) is 0 Å². The molecule has 0 aliphatic rings. The van der Waals surface area contributed by atoms with Crippen LogP contribution in [0.3, 0.4) is 0 Å². The molecule has 0 bridgehead atoms. The number of ketones is 1. The predicted octanol–water partition coefficient (Wildman–Crippen LogP) is 1.08. The summed E-state index contributed by atoms with van der Waals surface area (Å²) in [5, 5.41) is 2.62. The third kappa shape index (κ3) is 4.95. The summed E-state index contributed by atoms with van der Waals surface area (Å²) in [7, 11) is -3.85. The number of benzene rings is 1. The van der Waals surface area contributed by atoms with Crippen molar-refractivity contribution >= 4 is 21.7 Å². The Labute approximate surface area is 125 Å². The van der Waals surface area contributed by atoms with Gasteiger partial charge in [0.2, 0.25) is 15.9 Å². The van der Waals surface area contributed by atoms with Crippen molar-refractivity contribution in [2.75, 3.05) is 6.54 Å². The number of nitrogens with one attached hydrogen (secondary N) is 2. The largest absolute Gasteiger partial charge is 0.355 e. The molecule has 1 aromatic rings. The summed E-state index contributed by atoms with van der Waals surface area (Å²) in [4.78, 5) is 23.0. The Morgan fingerprint density at radius 3 is 2.52 bits per heavy atom. The minimum atomic E-state index is -3.85. The van der Waals surface area contributed by atoms with E-state index in [2.05, 4.69) is 10.0 Å². The molecule has 116 valence electrons. The summed E-state index contributed by atoms with van der Waals surface area (Å²) in [6.07, 6.45) is 0.770. The second-order valence-corrected chi connectivity index (χ2v) is 6.43. The van der Waals surface area contributed by atoms with Crippen LogP contribution in [-0.2, 0) is 14.8 Å². The topological polar surface area (TPSA) is 92.3 Å². The first kappa shape index (κ1) is 17.3. The Bertz CT molecular complexity index is 626. The van der Waals surface area contributed by atoms with Gasteiger partial charge in [-0.3, -0.25) is 9.59 Å². The van der Waals surface area contributed by atoms with E-state index in [0.29, 0.717) is 12.1 Å². The number of amides is 1. The van der Waals surface area contributed by atoms with Crippen molar-refractivity contribution in [2.24, 2.45) is 0 Å². The lowest BCUT2D eigenvalue weighted by Gasteiger charge is -2.14. The molecule has 0 spiro atoms. The van der Waals surface area contributed by atoms with Crippen LogP contribution in [-0.4, -0.2) is 32.7 Å². The Hall–Kier alpha value is -1.73. The lowest BCUT2D eigenvalue weighted by molar-refractivity contribution is -0.122. The first-order valence-electron chi connectivity index (χ1n) is 6.69. The van der Waals surface area contributed by atoms with Gasteiger partial charge in [-0.05, 0) is 32.4 Å². The SMILES string of the molecule is CCCNC(=O)C(C)NS(=O)(=O)c1cccc(C(C)=O)c1. The summed E-state index contributed by atoms with van der Waals surface area (Å²) in [5.41, 5.74) is 0.306. The number of sulfonamides is 1. The first-order chi connectivity index (χ1) is 9.77. The zero-order valence-electron chi connectivity index (χ0n) is 12.3. The van der Waals surface area contributed by atoms with Gasteiger partial charge in [-0.15, -0.1) is 0 Å². The van der Waals surface area contributed by atoms with Gasteiger partial charge in [0.15, 0.2) is 5.78 Å². The van der Waals surface area contributed by atoms with Gasteiger partial charge >= 0.3 is 0 Å². The minimum Gasteiger partial charge on any atom is -0.355 e. The van der Waals surface area contributed by atoms with Crippen molar-refractivity contribution in [1.82, 2.24) is 10.0 Å². The molecule has 0 aliphatic carbocycles. The Kier molecular flexibility index (Phi) is 6.04. The van der Waals surface area contributed by atoms with E-state index in [-0.39, 0.29) is 16.6 Å². The van der Waals surface area contributed by atoms with Gasteiger partial charge in [-0.2, -0.15) is 4.72 Å². The summed E-state index contributed by atoms with van der Waals surface area (Å²) >= 11 is 0. The molecule has 2 N–H and O–H groups in total. The van der Waals surface area contributed by atoms with Gasteiger partial charge in [0.05, 0.1) is 10.9 Å². The van der Waals surface area contributed by atoms with Crippen LogP contribution in [0.25, 0.3) is 0 Å². The Morgan fingerprint density at radius 1 is 1.29 bits per heavy atom. The van der Waals surface area contributed by atoms with Crippen molar-refractivity contribution in [3.8, 4) is 0 Å². The highest BCUT2D eigenvalue weighted by atomic mass is 32.2. The van der Waals surface area contributed by atoms with E-state index in [1.54, 1.807) is 6.07 Å². The molecule has 0 aromatic heterocycles. The van der Waals surface area contributed by atoms with E-state index < -0.39 is 16.1 Å². The fourth-order valence-corrected chi connectivity index (χ4v) is 2.89. The molecule has 0 fully saturated rings. The van der Waals surface area contributed by atoms with Gasteiger partial charge in [-0.1, -0.05) is 19.1 Å². The summed E-state index contributed by atoms with van der Waals surface area (Å²) in [6, 6.07) is 4.82. The minimum absolute atomic E-state index is 0.0367. The average Bonchev–Trinajstić information content (AvgIpc) is 2.44. The van der Waals surface area contributed by atoms with Crippen LogP contribution in [0, 0.1) is 0 Å². The van der Waals surface area contributed by atoms with E-state index in [4.69, 9.17) is 0 Å².